The normalized spacial score (nSPS) is 8.00. The molecule has 0 fully saturated rings. The predicted molar refractivity (Wildman–Crippen MR) is 62.0 cm³/mol. The molecule has 0 heterocycles. The van der Waals surface area contributed by atoms with Gasteiger partial charge in [-0.05, 0) is 12.2 Å². The summed E-state index contributed by atoms with van der Waals surface area (Å²) in [4.78, 5) is 20.1. The van der Waals surface area contributed by atoms with Gasteiger partial charge in [0.05, 0.1) is 19.4 Å². The number of carboxylic acid groups (broad SMARTS) is 2. The van der Waals surface area contributed by atoms with Gasteiger partial charge < -0.3 is 14.9 Å². The Morgan fingerprint density at radius 3 is 1.87 bits per heavy atom. The Kier molecular flexibility index (Phi) is 21.1. The molecule has 0 saturated heterocycles. The predicted octanol–water partition coefficient (Wildman–Crippen LogP) is -0.627. The summed E-state index contributed by atoms with van der Waals surface area (Å²) in [5, 5.41) is 16.6. The number of hydrogen-bond acceptors (Lipinski definition) is 4. The Morgan fingerprint density at radius 2 is 1.47 bits per heavy atom. The Morgan fingerprint density at radius 1 is 1.00 bits per heavy atom. The average molecular weight is 286 g/mol. The zero-order valence-electron chi connectivity index (χ0n) is 6.86. The van der Waals surface area contributed by atoms with Crippen molar-refractivity contribution in [2.45, 2.75) is 19.3 Å². The van der Waals surface area contributed by atoms with Crippen LogP contribution in [0.25, 0.3) is 0 Å². The van der Waals surface area contributed by atoms with Crippen LogP contribution in [0, 0.1) is 0 Å². The minimum atomic E-state index is -0.971. The van der Waals surface area contributed by atoms with Crippen molar-refractivity contribution in [3.8, 4) is 0 Å². The Bertz CT molecular complexity index is 221. The molecule has 0 aliphatic rings. The van der Waals surface area contributed by atoms with Crippen molar-refractivity contribution in [1.82, 2.24) is 0 Å². The molecule has 0 aromatic carbocycles. The number of aliphatic carboxylic acids is 2. The van der Waals surface area contributed by atoms with Crippen molar-refractivity contribution >= 4 is 132 Å². The van der Waals surface area contributed by atoms with Crippen molar-refractivity contribution in [1.29, 1.82) is 0 Å². The van der Waals surface area contributed by atoms with Gasteiger partial charge in [0.25, 0.3) is 0 Å². The summed E-state index contributed by atoms with van der Waals surface area (Å²) >= 11 is 4.65. The third-order valence-electron chi connectivity index (χ3n) is 1.12. The molecule has 0 aliphatic heterocycles. The molecule has 0 atom stereocenters. The molecular formula is C7H12K2O5S. The van der Waals surface area contributed by atoms with E-state index >= 15 is 0 Å². The maximum atomic E-state index is 10.1. The number of ether oxygens (including phenoxy) is 1. The fraction of sp³-hybridized carbons (Fsp3) is 0.571. The first-order valence-electron chi connectivity index (χ1n) is 3.61. The van der Waals surface area contributed by atoms with Crippen LogP contribution in [0.4, 0.5) is 0 Å². The van der Waals surface area contributed by atoms with Crippen LogP contribution >= 0.6 is 12.2 Å². The quantitative estimate of drug-likeness (QED) is 0.500. The summed E-state index contributed by atoms with van der Waals surface area (Å²) < 4.78 is 4.79. The first-order valence-corrected chi connectivity index (χ1v) is 4.02. The molecule has 5 nitrogen and oxygen atoms in total. The van der Waals surface area contributed by atoms with Gasteiger partial charge in [0.15, 0.2) is 5.05 Å². The summed E-state index contributed by atoms with van der Waals surface area (Å²) in [6.45, 7) is -0.00616. The molecule has 0 unspecified atom stereocenters. The Balaban J connectivity index is -0.000000720. The molecule has 15 heavy (non-hydrogen) atoms. The van der Waals surface area contributed by atoms with Gasteiger partial charge in [-0.2, -0.15) is 0 Å². The molecule has 0 aliphatic carbocycles. The van der Waals surface area contributed by atoms with Crippen LogP contribution in [0.15, 0.2) is 0 Å². The molecule has 0 amide bonds. The van der Waals surface area contributed by atoms with Crippen LogP contribution in [0.3, 0.4) is 0 Å². The molecular weight excluding hydrogens is 274 g/mol. The topological polar surface area (TPSA) is 83.8 Å². The van der Waals surface area contributed by atoms with Gasteiger partial charge in [-0.1, -0.05) is 0 Å². The van der Waals surface area contributed by atoms with Crippen LogP contribution in [-0.2, 0) is 14.3 Å². The van der Waals surface area contributed by atoms with Crippen molar-refractivity contribution < 1.29 is 24.5 Å². The first kappa shape index (κ1) is 22.3. The van der Waals surface area contributed by atoms with E-state index < -0.39 is 11.9 Å². The van der Waals surface area contributed by atoms with Gasteiger partial charge in [-0.15, -0.1) is 0 Å². The first-order chi connectivity index (χ1) is 6.02. The molecule has 0 aromatic rings. The molecule has 78 valence electrons. The van der Waals surface area contributed by atoms with E-state index in [0.717, 1.165) is 0 Å². The molecule has 0 bridgehead atoms. The second kappa shape index (κ2) is 14.2. The average Bonchev–Trinajstić information content (AvgIpc) is 2.00. The summed E-state index contributed by atoms with van der Waals surface area (Å²) in [6.07, 6.45) is -0.0800. The van der Waals surface area contributed by atoms with Gasteiger partial charge in [0, 0.05) is 6.42 Å². The van der Waals surface area contributed by atoms with Gasteiger partial charge in [0.1, 0.15) is 0 Å². The van der Waals surface area contributed by atoms with E-state index in [9.17, 15) is 9.59 Å². The van der Waals surface area contributed by atoms with Crippen LogP contribution in [0.2, 0.25) is 0 Å². The van der Waals surface area contributed by atoms with Crippen LogP contribution in [0.5, 0.6) is 0 Å². The molecule has 0 aromatic heterocycles. The zero-order valence-corrected chi connectivity index (χ0v) is 7.67. The van der Waals surface area contributed by atoms with Crippen LogP contribution in [-0.4, -0.2) is 137 Å². The third kappa shape index (κ3) is 18.7. The van der Waals surface area contributed by atoms with Gasteiger partial charge in [-0.25, -0.2) is 0 Å². The van der Waals surface area contributed by atoms with Gasteiger partial charge in [-0.3, -0.25) is 9.59 Å². The van der Waals surface area contributed by atoms with Gasteiger partial charge in [0.2, 0.25) is 0 Å². The Labute approximate surface area is 178 Å². The second-order valence-electron chi connectivity index (χ2n) is 2.26. The van der Waals surface area contributed by atoms with E-state index in [0.29, 0.717) is 0 Å². The van der Waals surface area contributed by atoms with E-state index in [1.54, 1.807) is 0 Å². The fourth-order valence-electron chi connectivity index (χ4n) is 0.533. The van der Waals surface area contributed by atoms with E-state index in [4.69, 9.17) is 14.9 Å². The van der Waals surface area contributed by atoms with Crippen molar-refractivity contribution in [2.24, 2.45) is 0 Å². The summed E-state index contributed by atoms with van der Waals surface area (Å²) in [5.41, 5.74) is 0. The summed E-state index contributed by atoms with van der Waals surface area (Å²) in [7, 11) is 0. The van der Waals surface area contributed by atoms with E-state index in [2.05, 4.69) is 12.2 Å². The van der Waals surface area contributed by atoms with Gasteiger partial charge >= 0.3 is 115 Å². The molecule has 0 spiro atoms. The van der Waals surface area contributed by atoms with Crippen molar-refractivity contribution in [3.05, 3.63) is 0 Å². The number of carbonyl (C=O) groups is 2. The molecule has 0 radical (unpaired) electrons. The Hall–Kier alpha value is 2.10. The molecule has 2 N–H and O–H groups in total. The standard InChI is InChI=1S/C7H10O5S.2K.2H/c8-5(9)1-2-7(13)12-4-3-6(10)11;;;;/h1-4H2,(H,8,9)(H,10,11);;;;. The van der Waals surface area contributed by atoms with Crippen LogP contribution in [0.1, 0.15) is 19.3 Å². The number of thiocarbonyl (C=S) groups is 1. The number of rotatable bonds is 6. The number of carboxylic acids is 2. The van der Waals surface area contributed by atoms with Crippen LogP contribution < -0.4 is 0 Å². The van der Waals surface area contributed by atoms with Crippen molar-refractivity contribution in [2.75, 3.05) is 6.61 Å². The van der Waals surface area contributed by atoms with E-state index in [1.807, 2.05) is 0 Å². The van der Waals surface area contributed by atoms with E-state index in [-0.39, 0.29) is 134 Å². The summed E-state index contributed by atoms with van der Waals surface area (Å²) in [6, 6.07) is 0. The van der Waals surface area contributed by atoms with Crippen molar-refractivity contribution in [3.63, 3.8) is 0 Å². The molecule has 0 saturated carbocycles. The zero-order chi connectivity index (χ0) is 10.3. The third-order valence-corrected chi connectivity index (χ3v) is 1.44. The monoisotopic (exact) mass is 286 g/mol. The maximum absolute atomic E-state index is 10.1. The molecule has 8 heteroatoms. The summed E-state index contributed by atoms with van der Waals surface area (Å²) in [5.74, 6) is -1.93. The SMILES string of the molecule is O=C(O)CCOC(=S)CCC(=O)O.[KH].[KH]. The molecule has 0 rings (SSSR count). The fourth-order valence-corrected chi connectivity index (χ4v) is 0.719. The second-order valence-corrected chi connectivity index (χ2v) is 2.71. The number of hydrogen-bond donors (Lipinski definition) is 2. The van der Waals surface area contributed by atoms with E-state index in [1.165, 1.54) is 0 Å². The minimum absolute atomic E-state index is 0.